The van der Waals surface area contributed by atoms with E-state index in [1.165, 1.54) is 88.4 Å². The van der Waals surface area contributed by atoms with Gasteiger partial charge in [0.15, 0.2) is 0 Å². The highest BCUT2D eigenvalue weighted by molar-refractivity contribution is 9.10. The zero-order valence-electron chi connectivity index (χ0n) is 25.4. The Morgan fingerprint density at radius 1 is 0.404 bits per heavy atom. The molecular formula is C44H27BrN2. The average Bonchev–Trinajstić information content (AvgIpc) is 3.46. The number of halogens is 1. The highest BCUT2D eigenvalue weighted by Crippen LogP contribution is 2.54. The van der Waals surface area contributed by atoms with Crippen LogP contribution in [0.2, 0.25) is 0 Å². The van der Waals surface area contributed by atoms with Crippen molar-refractivity contribution in [2.24, 2.45) is 0 Å². The molecule has 220 valence electrons. The summed E-state index contributed by atoms with van der Waals surface area (Å²) in [7, 11) is 0. The van der Waals surface area contributed by atoms with E-state index in [2.05, 4.69) is 189 Å². The third-order valence-corrected chi connectivity index (χ3v) is 10.4. The van der Waals surface area contributed by atoms with Crippen LogP contribution in [0, 0.1) is 0 Å². The summed E-state index contributed by atoms with van der Waals surface area (Å²) in [6, 6.07) is 59.7. The van der Waals surface area contributed by atoms with Crippen LogP contribution in [0.4, 0.5) is 17.1 Å². The van der Waals surface area contributed by atoms with Crippen molar-refractivity contribution in [2.75, 3.05) is 4.90 Å². The molecule has 1 aliphatic rings. The Morgan fingerprint density at radius 2 is 1.09 bits per heavy atom. The molecule has 0 spiro atoms. The molecule has 2 heterocycles. The number of benzene rings is 8. The lowest BCUT2D eigenvalue weighted by atomic mass is 9.87. The summed E-state index contributed by atoms with van der Waals surface area (Å²) in [5.41, 5.74) is 12.1. The summed E-state index contributed by atoms with van der Waals surface area (Å²) < 4.78 is 3.47. The van der Waals surface area contributed by atoms with Gasteiger partial charge in [-0.2, -0.15) is 0 Å². The zero-order valence-corrected chi connectivity index (χ0v) is 26.9. The highest BCUT2D eigenvalue weighted by Gasteiger charge is 2.28. The smallest absolute Gasteiger partial charge is 0.0551 e. The van der Waals surface area contributed by atoms with Crippen molar-refractivity contribution >= 4 is 76.3 Å². The molecule has 3 heteroatoms. The number of para-hydroxylation sites is 3. The van der Waals surface area contributed by atoms with Crippen molar-refractivity contribution < 1.29 is 0 Å². The number of fused-ring (bicyclic) bond motifs is 6. The number of nitrogens with zero attached hydrogens (tertiary/aromatic N) is 2. The fraction of sp³-hybridized carbons (Fsp3) is 0. The fourth-order valence-electron chi connectivity index (χ4n) is 7.79. The number of hydrogen-bond acceptors (Lipinski definition) is 1. The average molecular weight is 664 g/mol. The molecule has 9 aromatic rings. The number of rotatable bonds is 3. The molecule has 2 nitrogen and oxygen atoms in total. The summed E-state index contributed by atoms with van der Waals surface area (Å²) in [4.78, 5) is 2.46. The zero-order chi connectivity index (χ0) is 31.1. The molecule has 0 bridgehead atoms. The van der Waals surface area contributed by atoms with E-state index in [0.29, 0.717) is 0 Å². The van der Waals surface area contributed by atoms with Crippen LogP contribution in [0.15, 0.2) is 168 Å². The molecule has 0 fully saturated rings. The maximum absolute atomic E-state index is 3.89. The normalized spacial score (nSPS) is 12.3. The van der Waals surface area contributed by atoms with Crippen molar-refractivity contribution in [1.82, 2.24) is 4.57 Å². The van der Waals surface area contributed by atoms with E-state index in [1.807, 2.05) is 0 Å². The molecule has 0 radical (unpaired) electrons. The second-order valence-electron chi connectivity index (χ2n) is 12.2. The van der Waals surface area contributed by atoms with Gasteiger partial charge in [0.2, 0.25) is 0 Å². The topological polar surface area (TPSA) is 8.17 Å². The molecule has 0 unspecified atom stereocenters. The van der Waals surface area contributed by atoms with E-state index in [0.717, 1.165) is 4.47 Å². The Hall–Kier alpha value is -5.64. The summed E-state index contributed by atoms with van der Waals surface area (Å²) in [5, 5.41) is 7.47. The maximum Gasteiger partial charge on any atom is 0.0551 e. The molecule has 0 N–H and O–H groups in total. The minimum atomic E-state index is 1.10. The van der Waals surface area contributed by atoms with Crippen molar-refractivity contribution in [2.45, 2.75) is 0 Å². The summed E-state index contributed by atoms with van der Waals surface area (Å²) in [6.07, 6.45) is 0. The van der Waals surface area contributed by atoms with Crippen LogP contribution < -0.4 is 4.90 Å². The summed E-state index contributed by atoms with van der Waals surface area (Å²) >= 11 is 3.89. The predicted molar refractivity (Wildman–Crippen MR) is 203 cm³/mol. The van der Waals surface area contributed by atoms with Crippen molar-refractivity contribution in [3.8, 4) is 27.9 Å². The summed E-state index contributed by atoms with van der Waals surface area (Å²) in [6.45, 7) is 0. The molecule has 0 atom stereocenters. The van der Waals surface area contributed by atoms with Gasteiger partial charge in [-0.25, -0.2) is 0 Å². The van der Waals surface area contributed by atoms with Crippen LogP contribution in [0.25, 0.3) is 71.3 Å². The lowest BCUT2D eigenvalue weighted by Gasteiger charge is -2.34. The van der Waals surface area contributed by atoms with Crippen LogP contribution in [0.5, 0.6) is 0 Å². The fourth-order valence-corrected chi connectivity index (χ4v) is 8.38. The third-order valence-electron chi connectivity index (χ3n) is 9.77. The van der Waals surface area contributed by atoms with Gasteiger partial charge in [-0.05, 0) is 82.1 Å². The predicted octanol–water partition coefficient (Wildman–Crippen LogP) is 13.0. The van der Waals surface area contributed by atoms with Crippen molar-refractivity contribution in [3.05, 3.63) is 168 Å². The van der Waals surface area contributed by atoms with Gasteiger partial charge in [-0.3, -0.25) is 0 Å². The molecule has 8 aromatic carbocycles. The van der Waals surface area contributed by atoms with Crippen LogP contribution in [-0.4, -0.2) is 4.57 Å². The standard InChI is InChI=1S/C44H27BrN2/c45-37-19-8-11-28-12-9-22-41(43(28)37)47-39-21-7-4-15-32(39)35-18-10-17-34-31(24-26-42(47)44(34)35)29-23-25-40-36(27-29)33-16-5-6-20-38(33)46(40)30-13-2-1-3-14-30/h1-27H. The van der Waals surface area contributed by atoms with Crippen molar-refractivity contribution in [3.63, 3.8) is 0 Å². The van der Waals surface area contributed by atoms with E-state index in [1.54, 1.807) is 0 Å². The van der Waals surface area contributed by atoms with Gasteiger partial charge in [0, 0.05) is 37.3 Å². The molecule has 47 heavy (non-hydrogen) atoms. The first-order valence-electron chi connectivity index (χ1n) is 16.0. The van der Waals surface area contributed by atoms with Crippen LogP contribution in [-0.2, 0) is 0 Å². The van der Waals surface area contributed by atoms with Gasteiger partial charge in [-0.1, -0.05) is 125 Å². The minimum Gasteiger partial charge on any atom is -0.309 e. The Bertz CT molecular complexity index is 2700. The first-order chi connectivity index (χ1) is 23.3. The van der Waals surface area contributed by atoms with Gasteiger partial charge in [0.05, 0.1) is 28.1 Å². The first kappa shape index (κ1) is 26.6. The second kappa shape index (κ2) is 10.2. The van der Waals surface area contributed by atoms with Gasteiger partial charge in [0.1, 0.15) is 0 Å². The molecule has 0 aliphatic carbocycles. The Kier molecular flexibility index (Phi) is 5.76. The molecule has 0 saturated carbocycles. The second-order valence-corrected chi connectivity index (χ2v) is 13.1. The SMILES string of the molecule is Brc1cccc2cccc(N3c4ccccc4-c4cccc5c(-c6ccc7c(c6)c6ccccc6n7-c6ccccc6)ccc3c45)c12. The monoisotopic (exact) mass is 662 g/mol. The number of hydrogen-bond donors (Lipinski definition) is 0. The van der Waals surface area contributed by atoms with Crippen LogP contribution >= 0.6 is 15.9 Å². The largest absolute Gasteiger partial charge is 0.309 e. The molecule has 0 amide bonds. The van der Waals surface area contributed by atoms with E-state index < -0.39 is 0 Å². The Labute approximate surface area is 280 Å². The van der Waals surface area contributed by atoms with E-state index in [9.17, 15) is 0 Å². The van der Waals surface area contributed by atoms with Crippen LogP contribution in [0.1, 0.15) is 0 Å². The lowest BCUT2D eigenvalue weighted by molar-refractivity contribution is 1.18. The van der Waals surface area contributed by atoms with E-state index in [-0.39, 0.29) is 0 Å². The molecule has 1 aliphatic heterocycles. The van der Waals surface area contributed by atoms with E-state index >= 15 is 0 Å². The molecule has 10 rings (SSSR count). The maximum atomic E-state index is 3.89. The third kappa shape index (κ3) is 3.84. The van der Waals surface area contributed by atoms with Crippen LogP contribution in [0.3, 0.4) is 0 Å². The summed E-state index contributed by atoms with van der Waals surface area (Å²) in [5.74, 6) is 0. The molecule has 1 aromatic heterocycles. The first-order valence-corrected chi connectivity index (χ1v) is 16.8. The lowest BCUT2D eigenvalue weighted by Crippen LogP contribution is -2.15. The Balaban J connectivity index is 1.24. The Morgan fingerprint density at radius 3 is 2.00 bits per heavy atom. The number of aromatic nitrogens is 1. The molecular weight excluding hydrogens is 636 g/mol. The van der Waals surface area contributed by atoms with Gasteiger partial charge in [0.25, 0.3) is 0 Å². The number of anilines is 3. The van der Waals surface area contributed by atoms with E-state index in [4.69, 9.17) is 0 Å². The molecule has 0 saturated heterocycles. The van der Waals surface area contributed by atoms with Gasteiger partial charge >= 0.3 is 0 Å². The highest BCUT2D eigenvalue weighted by atomic mass is 79.9. The van der Waals surface area contributed by atoms with Crippen molar-refractivity contribution in [1.29, 1.82) is 0 Å². The van der Waals surface area contributed by atoms with Gasteiger partial charge in [-0.15, -0.1) is 0 Å². The quantitative estimate of drug-likeness (QED) is 0.183. The minimum absolute atomic E-state index is 1.10. The van der Waals surface area contributed by atoms with Gasteiger partial charge < -0.3 is 9.47 Å².